The van der Waals surface area contributed by atoms with E-state index in [0.717, 1.165) is 12.8 Å². The average Bonchev–Trinajstić information content (AvgIpc) is 2.34. The first kappa shape index (κ1) is 14.4. The molecule has 1 heterocycles. The lowest BCUT2D eigenvalue weighted by Gasteiger charge is -2.31. The molecule has 5 heteroatoms. The zero-order valence-electron chi connectivity index (χ0n) is 10.2. The Hall–Kier alpha value is -0.650. The van der Waals surface area contributed by atoms with E-state index in [-0.39, 0.29) is 5.97 Å². The van der Waals surface area contributed by atoms with E-state index in [0.29, 0.717) is 25.7 Å². The zero-order chi connectivity index (χ0) is 12.8. The van der Waals surface area contributed by atoms with Crippen LogP contribution in [-0.4, -0.2) is 45.7 Å². The summed E-state index contributed by atoms with van der Waals surface area (Å²) in [5.41, 5.74) is 0. The molecule has 0 aliphatic carbocycles. The third-order valence-corrected chi connectivity index (χ3v) is 3.13. The summed E-state index contributed by atoms with van der Waals surface area (Å²) < 4.78 is 4.96. The van der Waals surface area contributed by atoms with Gasteiger partial charge >= 0.3 is 5.97 Å². The Morgan fingerprint density at radius 3 is 2.71 bits per heavy atom. The quantitative estimate of drug-likeness (QED) is 0.589. The molecule has 1 saturated heterocycles. The highest BCUT2D eigenvalue weighted by Crippen LogP contribution is 2.21. The SMILES string of the molecule is CCCC[C@@H](O)[C@H](O)[C@H](O)[C@H]1CCCC(=O)O1. The van der Waals surface area contributed by atoms with Gasteiger partial charge in [-0.15, -0.1) is 0 Å². The van der Waals surface area contributed by atoms with Gasteiger partial charge in [0.2, 0.25) is 0 Å². The van der Waals surface area contributed by atoms with Crippen molar-refractivity contribution in [1.82, 2.24) is 0 Å². The number of aliphatic hydroxyl groups excluding tert-OH is 3. The number of ether oxygens (including phenoxy) is 1. The van der Waals surface area contributed by atoms with E-state index in [2.05, 4.69) is 0 Å². The van der Waals surface area contributed by atoms with Crippen LogP contribution < -0.4 is 0 Å². The van der Waals surface area contributed by atoms with Gasteiger partial charge in [-0.1, -0.05) is 19.8 Å². The summed E-state index contributed by atoms with van der Waals surface area (Å²) in [5.74, 6) is -0.351. The van der Waals surface area contributed by atoms with Crippen LogP contribution in [0, 0.1) is 0 Å². The summed E-state index contributed by atoms with van der Waals surface area (Å²) in [6.07, 6.45) is -0.430. The molecule has 1 aliphatic heterocycles. The topological polar surface area (TPSA) is 87.0 Å². The summed E-state index contributed by atoms with van der Waals surface area (Å²) in [4.78, 5) is 11.1. The molecule has 0 amide bonds. The Balaban J connectivity index is 2.44. The van der Waals surface area contributed by atoms with E-state index in [1.54, 1.807) is 0 Å². The normalized spacial score (nSPS) is 26.1. The number of rotatable bonds is 6. The van der Waals surface area contributed by atoms with Gasteiger partial charge < -0.3 is 20.1 Å². The number of hydrogen-bond donors (Lipinski definition) is 3. The standard InChI is InChI=1S/C12H22O5/c1-2-3-5-8(13)11(15)12(16)9-6-4-7-10(14)17-9/h8-9,11-13,15-16H,2-7H2,1H3/t8-,9-,11+,12-/m1/s1. The molecule has 0 unspecified atom stereocenters. The highest BCUT2D eigenvalue weighted by Gasteiger charge is 2.35. The molecule has 1 rings (SSSR count). The Bertz CT molecular complexity index is 243. The fourth-order valence-corrected chi connectivity index (χ4v) is 2.01. The van der Waals surface area contributed by atoms with Crippen LogP contribution in [0.2, 0.25) is 0 Å². The van der Waals surface area contributed by atoms with Gasteiger partial charge in [-0.05, 0) is 19.3 Å². The van der Waals surface area contributed by atoms with E-state index in [1.807, 2.05) is 6.92 Å². The van der Waals surface area contributed by atoms with Gasteiger partial charge in [0.15, 0.2) is 0 Å². The molecule has 0 aromatic rings. The highest BCUT2D eigenvalue weighted by molar-refractivity contribution is 5.70. The van der Waals surface area contributed by atoms with E-state index < -0.39 is 24.4 Å². The monoisotopic (exact) mass is 246 g/mol. The van der Waals surface area contributed by atoms with Gasteiger partial charge in [0, 0.05) is 6.42 Å². The fourth-order valence-electron chi connectivity index (χ4n) is 2.01. The first-order chi connectivity index (χ1) is 8.06. The Kier molecular flexibility index (Phi) is 5.88. The van der Waals surface area contributed by atoms with Crippen LogP contribution in [0.15, 0.2) is 0 Å². The second kappa shape index (κ2) is 6.93. The molecular formula is C12H22O5. The lowest BCUT2D eigenvalue weighted by molar-refractivity contribution is -0.171. The molecular weight excluding hydrogens is 224 g/mol. The van der Waals surface area contributed by atoms with Crippen LogP contribution in [0.3, 0.4) is 0 Å². The maximum atomic E-state index is 11.1. The summed E-state index contributed by atoms with van der Waals surface area (Å²) in [5, 5.41) is 29.3. The smallest absolute Gasteiger partial charge is 0.306 e. The van der Waals surface area contributed by atoms with Crippen molar-refractivity contribution in [2.75, 3.05) is 0 Å². The molecule has 0 bridgehead atoms. The van der Waals surface area contributed by atoms with Crippen molar-refractivity contribution >= 4 is 5.97 Å². The highest BCUT2D eigenvalue weighted by atomic mass is 16.6. The summed E-state index contributed by atoms with van der Waals surface area (Å²) >= 11 is 0. The van der Waals surface area contributed by atoms with E-state index in [9.17, 15) is 20.1 Å². The van der Waals surface area contributed by atoms with Crippen molar-refractivity contribution in [1.29, 1.82) is 0 Å². The van der Waals surface area contributed by atoms with Gasteiger partial charge in [-0.25, -0.2) is 0 Å². The molecule has 0 radical (unpaired) electrons. The summed E-state index contributed by atoms with van der Waals surface area (Å²) in [7, 11) is 0. The number of esters is 1. The second-order valence-corrected chi connectivity index (χ2v) is 4.61. The number of carbonyl (C=O) groups is 1. The molecule has 0 aromatic carbocycles. The minimum Gasteiger partial charge on any atom is -0.459 e. The average molecular weight is 246 g/mol. The number of unbranched alkanes of at least 4 members (excludes halogenated alkanes) is 1. The molecule has 3 N–H and O–H groups in total. The van der Waals surface area contributed by atoms with Crippen LogP contribution in [-0.2, 0) is 9.53 Å². The van der Waals surface area contributed by atoms with Crippen LogP contribution >= 0.6 is 0 Å². The van der Waals surface area contributed by atoms with E-state index in [4.69, 9.17) is 4.74 Å². The van der Waals surface area contributed by atoms with Crippen LogP contribution in [0.4, 0.5) is 0 Å². The van der Waals surface area contributed by atoms with Gasteiger partial charge in [0.1, 0.15) is 18.3 Å². The predicted molar refractivity (Wildman–Crippen MR) is 61.3 cm³/mol. The Morgan fingerprint density at radius 2 is 2.12 bits per heavy atom. The van der Waals surface area contributed by atoms with Gasteiger partial charge in [-0.3, -0.25) is 4.79 Å². The van der Waals surface area contributed by atoms with Crippen molar-refractivity contribution in [2.45, 2.75) is 69.9 Å². The fraction of sp³-hybridized carbons (Fsp3) is 0.917. The maximum absolute atomic E-state index is 11.1. The lowest BCUT2D eigenvalue weighted by atomic mass is 9.95. The third kappa shape index (κ3) is 4.26. The number of hydrogen-bond acceptors (Lipinski definition) is 5. The van der Waals surface area contributed by atoms with Gasteiger partial charge in [-0.2, -0.15) is 0 Å². The minimum absolute atomic E-state index is 0.351. The molecule has 0 aromatic heterocycles. The first-order valence-corrected chi connectivity index (χ1v) is 6.30. The third-order valence-electron chi connectivity index (χ3n) is 3.13. The number of carbonyl (C=O) groups excluding carboxylic acids is 1. The van der Waals surface area contributed by atoms with Crippen LogP contribution in [0.1, 0.15) is 45.4 Å². The van der Waals surface area contributed by atoms with Crippen molar-refractivity contribution < 1.29 is 24.9 Å². The van der Waals surface area contributed by atoms with Crippen molar-refractivity contribution in [3.8, 4) is 0 Å². The van der Waals surface area contributed by atoms with E-state index in [1.165, 1.54) is 0 Å². The molecule has 5 nitrogen and oxygen atoms in total. The maximum Gasteiger partial charge on any atom is 0.306 e. The zero-order valence-corrected chi connectivity index (χ0v) is 10.2. The minimum atomic E-state index is -1.25. The van der Waals surface area contributed by atoms with Crippen LogP contribution in [0.5, 0.6) is 0 Å². The van der Waals surface area contributed by atoms with Crippen LogP contribution in [0.25, 0.3) is 0 Å². The molecule has 1 fully saturated rings. The van der Waals surface area contributed by atoms with E-state index >= 15 is 0 Å². The van der Waals surface area contributed by atoms with Gasteiger partial charge in [0.05, 0.1) is 6.10 Å². The first-order valence-electron chi connectivity index (χ1n) is 6.30. The molecule has 0 saturated carbocycles. The predicted octanol–water partition coefficient (Wildman–Crippen LogP) is 0.355. The second-order valence-electron chi connectivity index (χ2n) is 4.61. The van der Waals surface area contributed by atoms with Crippen molar-refractivity contribution in [3.63, 3.8) is 0 Å². The number of cyclic esters (lactones) is 1. The molecule has 17 heavy (non-hydrogen) atoms. The van der Waals surface area contributed by atoms with Gasteiger partial charge in [0.25, 0.3) is 0 Å². The molecule has 100 valence electrons. The summed E-state index contributed by atoms with van der Waals surface area (Å²) in [6.45, 7) is 1.98. The Labute approximate surface area is 101 Å². The molecule has 1 aliphatic rings. The lowest BCUT2D eigenvalue weighted by Crippen LogP contribution is -2.47. The summed E-state index contributed by atoms with van der Waals surface area (Å²) in [6, 6.07) is 0. The molecule has 0 spiro atoms. The number of aliphatic hydroxyl groups is 3. The van der Waals surface area contributed by atoms with Crippen molar-refractivity contribution in [3.05, 3.63) is 0 Å². The molecule has 4 atom stereocenters. The van der Waals surface area contributed by atoms with Crippen molar-refractivity contribution in [2.24, 2.45) is 0 Å². The Morgan fingerprint density at radius 1 is 1.41 bits per heavy atom. The largest absolute Gasteiger partial charge is 0.459 e.